The van der Waals surface area contributed by atoms with E-state index in [9.17, 15) is 19.1 Å². The van der Waals surface area contributed by atoms with Gasteiger partial charge in [0.25, 0.3) is 0 Å². The molecule has 0 heterocycles. The van der Waals surface area contributed by atoms with Crippen molar-refractivity contribution in [1.29, 1.82) is 0 Å². The van der Waals surface area contributed by atoms with Crippen molar-refractivity contribution in [1.82, 2.24) is 0 Å². The van der Waals surface area contributed by atoms with Crippen molar-refractivity contribution in [3.63, 3.8) is 0 Å². The van der Waals surface area contributed by atoms with Crippen LogP contribution in [0.15, 0.2) is 48.6 Å². The number of alkyl halides is 1. The number of unbranched alkanes of at least 4 members (excludes halogenated alkanes) is 1. The molecule has 1 saturated carbocycles. The number of ketones is 1. The number of aliphatic hydroxyl groups excluding tert-OH is 1. The van der Waals surface area contributed by atoms with Crippen LogP contribution in [0.25, 0.3) is 0 Å². The molecule has 1 aromatic carbocycles. The first kappa shape index (κ1) is 21.4. The Morgan fingerprint density at radius 3 is 2.52 bits per heavy atom. The largest absolute Gasteiger partial charge is 0.481 e. The first-order valence-electron chi connectivity index (χ1n) is 10.4. The second-order valence-electron chi connectivity index (χ2n) is 8.18. The fourth-order valence-electron chi connectivity index (χ4n) is 4.46. The van der Waals surface area contributed by atoms with Crippen LogP contribution < -0.4 is 0 Å². The van der Waals surface area contributed by atoms with Gasteiger partial charge in [0, 0.05) is 24.7 Å². The highest BCUT2D eigenvalue weighted by Crippen LogP contribution is 2.36. The average molecular weight is 400 g/mol. The summed E-state index contributed by atoms with van der Waals surface area (Å²) < 4.78 is 14.4. The third kappa shape index (κ3) is 5.63. The molecule has 4 nitrogen and oxygen atoms in total. The van der Waals surface area contributed by atoms with Crippen molar-refractivity contribution in [2.45, 2.75) is 57.2 Å². The van der Waals surface area contributed by atoms with E-state index >= 15 is 0 Å². The van der Waals surface area contributed by atoms with Gasteiger partial charge in [0.2, 0.25) is 0 Å². The summed E-state index contributed by atoms with van der Waals surface area (Å²) in [7, 11) is 0. The van der Waals surface area contributed by atoms with Gasteiger partial charge in [-0.1, -0.05) is 48.6 Å². The lowest BCUT2D eigenvalue weighted by Gasteiger charge is -2.18. The summed E-state index contributed by atoms with van der Waals surface area (Å²) in [6.45, 7) is 0. The van der Waals surface area contributed by atoms with Gasteiger partial charge in [-0.3, -0.25) is 9.59 Å². The molecule has 2 aliphatic carbocycles. The van der Waals surface area contributed by atoms with E-state index in [1.165, 1.54) is 11.1 Å². The monoisotopic (exact) mass is 400 g/mol. The first-order valence-corrected chi connectivity index (χ1v) is 10.4. The number of carbonyl (C=O) groups is 2. The molecule has 2 aliphatic rings. The Labute approximate surface area is 171 Å². The number of benzene rings is 1. The third-order valence-corrected chi connectivity index (χ3v) is 6.11. The number of rotatable bonds is 9. The van der Waals surface area contributed by atoms with Crippen molar-refractivity contribution in [2.75, 3.05) is 0 Å². The van der Waals surface area contributed by atoms with Crippen LogP contribution in [0.3, 0.4) is 0 Å². The lowest BCUT2D eigenvalue weighted by molar-refractivity contribution is -0.137. The molecule has 1 unspecified atom stereocenters. The summed E-state index contributed by atoms with van der Waals surface area (Å²) in [5.41, 5.74) is 2.52. The summed E-state index contributed by atoms with van der Waals surface area (Å²) >= 11 is 0. The quantitative estimate of drug-likeness (QED) is 0.484. The smallest absolute Gasteiger partial charge is 0.303 e. The highest BCUT2D eigenvalue weighted by molar-refractivity contribution is 5.84. The Kier molecular flexibility index (Phi) is 7.37. The zero-order valence-electron chi connectivity index (χ0n) is 16.5. The molecule has 5 heteroatoms. The lowest BCUT2D eigenvalue weighted by atomic mass is 9.89. The SMILES string of the molecule is O=C(O)CCCC=CC[C@H]1C(=O)C[C@H](F)[C@@H]1C=CC(O)C1Cc2ccccc2C1. The van der Waals surface area contributed by atoms with Crippen LogP contribution in [0.1, 0.15) is 43.2 Å². The number of aliphatic hydroxyl groups is 1. The molecule has 4 atom stereocenters. The van der Waals surface area contributed by atoms with E-state index in [0.29, 0.717) is 19.3 Å². The van der Waals surface area contributed by atoms with E-state index in [-0.39, 0.29) is 24.5 Å². The zero-order valence-corrected chi connectivity index (χ0v) is 16.5. The highest BCUT2D eigenvalue weighted by Gasteiger charge is 2.40. The molecule has 0 aliphatic heterocycles. The normalized spacial score (nSPS) is 25.9. The third-order valence-electron chi connectivity index (χ3n) is 6.11. The van der Waals surface area contributed by atoms with Gasteiger partial charge in [-0.15, -0.1) is 0 Å². The van der Waals surface area contributed by atoms with Crippen LogP contribution in [-0.4, -0.2) is 34.2 Å². The van der Waals surface area contributed by atoms with Gasteiger partial charge >= 0.3 is 5.97 Å². The summed E-state index contributed by atoms with van der Waals surface area (Å²) in [5.74, 6) is -1.73. The second-order valence-corrected chi connectivity index (χ2v) is 8.18. The molecule has 1 aromatic rings. The standard InChI is InChI=1S/C24H29FO4/c25-21-15-23(27)20(9-3-1-2-4-10-24(28)29)19(21)11-12-22(26)18-13-16-7-5-6-8-17(16)14-18/h1,3,5-8,11-12,18-22,26H,2,4,9-10,13-15H2,(H,28,29)/t19-,20-,21+,22?/m1/s1. The van der Waals surface area contributed by atoms with Crippen molar-refractivity contribution in [3.8, 4) is 0 Å². The van der Waals surface area contributed by atoms with Gasteiger partial charge in [0.1, 0.15) is 12.0 Å². The summed E-state index contributed by atoms with van der Waals surface area (Å²) in [4.78, 5) is 22.7. The second kappa shape index (κ2) is 9.97. The zero-order chi connectivity index (χ0) is 20.8. The predicted molar refractivity (Wildman–Crippen MR) is 109 cm³/mol. The number of allylic oxidation sites excluding steroid dienone is 3. The van der Waals surface area contributed by atoms with Crippen molar-refractivity contribution in [2.24, 2.45) is 17.8 Å². The number of hydrogen-bond donors (Lipinski definition) is 2. The molecule has 0 bridgehead atoms. The van der Waals surface area contributed by atoms with Crippen LogP contribution in [-0.2, 0) is 22.4 Å². The molecule has 0 radical (unpaired) electrons. The summed E-state index contributed by atoms with van der Waals surface area (Å²) in [6.07, 6.45) is 8.54. The van der Waals surface area contributed by atoms with E-state index in [1.54, 1.807) is 12.2 Å². The Morgan fingerprint density at radius 2 is 1.86 bits per heavy atom. The maximum absolute atomic E-state index is 14.4. The van der Waals surface area contributed by atoms with E-state index in [0.717, 1.165) is 12.8 Å². The van der Waals surface area contributed by atoms with Gasteiger partial charge in [0.15, 0.2) is 0 Å². The molecular weight excluding hydrogens is 371 g/mol. The maximum Gasteiger partial charge on any atom is 0.303 e. The molecule has 0 saturated heterocycles. The maximum atomic E-state index is 14.4. The Balaban J connectivity index is 1.54. The molecule has 2 N–H and O–H groups in total. The van der Waals surface area contributed by atoms with E-state index in [2.05, 4.69) is 12.1 Å². The number of halogens is 1. The minimum Gasteiger partial charge on any atom is -0.481 e. The number of carbonyl (C=O) groups excluding carboxylic acids is 1. The van der Waals surface area contributed by atoms with Gasteiger partial charge in [0.05, 0.1) is 6.10 Å². The van der Waals surface area contributed by atoms with Crippen LogP contribution >= 0.6 is 0 Å². The fraction of sp³-hybridized carbons (Fsp3) is 0.500. The van der Waals surface area contributed by atoms with Crippen molar-refractivity contribution in [3.05, 3.63) is 59.7 Å². The van der Waals surface area contributed by atoms with Crippen molar-refractivity contribution < 1.29 is 24.2 Å². The minimum absolute atomic E-state index is 0.0719. The number of fused-ring (bicyclic) bond motifs is 1. The summed E-state index contributed by atoms with van der Waals surface area (Å²) in [6, 6.07) is 8.16. The van der Waals surface area contributed by atoms with Crippen LogP contribution in [0, 0.1) is 17.8 Å². The van der Waals surface area contributed by atoms with Crippen LogP contribution in [0.5, 0.6) is 0 Å². The van der Waals surface area contributed by atoms with Gasteiger partial charge < -0.3 is 10.2 Å². The Morgan fingerprint density at radius 1 is 1.17 bits per heavy atom. The first-order chi connectivity index (χ1) is 14.0. The van der Waals surface area contributed by atoms with Crippen LogP contribution in [0.4, 0.5) is 4.39 Å². The molecule has 3 rings (SSSR count). The number of hydrogen-bond acceptors (Lipinski definition) is 3. The van der Waals surface area contributed by atoms with Gasteiger partial charge in [-0.25, -0.2) is 4.39 Å². The molecule has 1 fully saturated rings. The fourth-order valence-corrected chi connectivity index (χ4v) is 4.46. The predicted octanol–water partition coefficient (Wildman–Crippen LogP) is 4.06. The Bertz CT molecular complexity index is 760. The lowest BCUT2D eigenvalue weighted by Crippen LogP contribution is -2.20. The molecule has 0 amide bonds. The van der Waals surface area contributed by atoms with E-state index in [4.69, 9.17) is 5.11 Å². The van der Waals surface area contributed by atoms with Gasteiger partial charge in [-0.2, -0.15) is 0 Å². The molecular formula is C24H29FO4. The van der Waals surface area contributed by atoms with Crippen LogP contribution in [0.2, 0.25) is 0 Å². The topological polar surface area (TPSA) is 74.6 Å². The number of carboxylic acid groups (broad SMARTS) is 1. The van der Waals surface area contributed by atoms with E-state index in [1.807, 2.05) is 24.3 Å². The molecule has 0 aromatic heterocycles. The minimum atomic E-state index is -1.21. The molecule has 0 spiro atoms. The van der Waals surface area contributed by atoms with Gasteiger partial charge in [-0.05, 0) is 49.1 Å². The molecule has 29 heavy (non-hydrogen) atoms. The van der Waals surface area contributed by atoms with Crippen molar-refractivity contribution >= 4 is 11.8 Å². The average Bonchev–Trinajstić information content (AvgIpc) is 3.23. The number of aliphatic carboxylic acids is 1. The van der Waals surface area contributed by atoms with E-state index < -0.39 is 30.1 Å². The Hall–Kier alpha value is -2.27. The molecule has 156 valence electrons. The number of Topliss-reactive ketones (excluding diaryl/α,β-unsaturated/α-hetero) is 1. The summed E-state index contributed by atoms with van der Waals surface area (Å²) in [5, 5.41) is 19.2. The highest BCUT2D eigenvalue weighted by atomic mass is 19.1. The number of carboxylic acids is 1.